The third-order valence-electron chi connectivity index (χ3n) is 3.21. The molecular weight excluding hydrogens is 192 g/mol. The fourth-order valence-corrected chi connectivity index (χ4v) is 2.33. The summed E-state index contributed by atoms with van der Waals surface area (Å²) in [6, 6.07) is 0. The topological polar surface area (TPSA) is 35.5 Å². The molecule has 0 radical (unpaired) electrons. The van der Waals surface area contributed by atoms with Gasteiger partial charge in [-0.05, 0) is 31.8 Å². The van der Waals surface area contributed by atoms with Crippen molar-refractivity contribution >= 4 is 5.78 Å². The second kappa shape index (κ2) is 4.45. The van der Waals surface area contributed by atoms with Crippen molar-refractivity contribution in [1.82, 2.24) is 0 Å². The van der Waals surface area contributed by atoms with Gasteiger partial charge in [0.2, 0.25) is 0 Å². The molecule has 2 aliphatic rings. The Kier molecular flexibility index (Phi) is 3.22. The smallest absolute Gasteiger partial charge is 0.168 e. The number of carbonyl (C=O) groups is 1. The molecule has 0 aromatic rings. The highest BCUT2D eigenvalue weighted by molar-refractivity contribution is 5.87. The Bertz CT molecular complexity index is 254. The maximum atomic E-state index is 10.8. The average Bonchev–Trinajstić information content (AvgIpc) is 2.66. The van der Waals surface area contributed by atoms with Gasteiger partial charge in [-0.25, -0.2) is 0 Å². The van der Waals surface area contributed by atoms with Gasteiger partial charge in [-0.2, -0.15) is 0 Å². The van der Waals surface area contributed by atoms with Gasteiger partial charge >= 0.3 is 0 Å². The minimum absolute atomic E-state index is 0.128. The summed E-state index contributed by atoms with van der Waals surface area (Å²) in [5.74, 6) is 0.372. The molecule has 84 valence electrons. The number of allylic oxidation sites excluding steroid dienone is 2. The fourth-order valence-electron chi connectivity index (χ4n) is 2.33. The monoisotopic (exact) mass is 210 g/mol. The van der Waals surface area contributed by atoms with Gasteiger partial charge in [0, 0.05) is 12.8 Å². The van der Waals surface area contributed by atoms with E-state index < -0.39 is 0 Å². The highest BCUT2D eigenvalue weighted by atomic mass is 16.7. The number of rotatable bonds is 2. The number of hydrogen-bond acceptors (Lipinski definition) is 3. The lowest BCUT2D eigenvalue weighted by atomic mass is 9.85. The zero-order valence-corrected chi connectivity index (χ0v) is 9.20. The molecule has 2 rings (SSSR count). The molecule has 3 nitrogen and oxygen atoms in total. The van der Waals surface area contributed by atoms with Crippen molar-refractivity contribution in [3.8, 4) is 0 Å². The third kappa shape index (κ3) is 2.67. The normalized spacial score (nSPS) is 26.5. The Balaban J connectivity index is 1.84. The number of carbonyl (C=O) groups excluding carboxylic acids is 1. The molecule has 0 atom stereocenters. The quantitative estimate of drug-likeness (QED) is 0.654. The number of ketones is 1. The fraction of sp³-hybridized carbons (Fsp3) is 0.750. The summed E-state index contributed by atoms with van der Waals surface area (Å²) in [6.07, 6.45) is 7.75. The van der Waals surface area contributed by atoms with Gasteiger partial charge in [-0.3, -0.25) is 4.79 Å². The molecule has 0 aromatic carbocycles. The van der Waals surface area contributed by atoms with Gasteiger partial charge in [0.25, 0.3) is 0 Å². The van der Waals surface area contributed by atoms with Crippen LogP contribution in [0.2, 0.25) is 0 Å². The summed E-state index contributed by atoms with van der Waals surface area (Å²) in [7, 11) is 0. The molecule has 3 heteroatoms. The highest BCUT2D eigenvalue weighted by Gasteiger charge is 2.39. The minimum atomic E-state index is -0.277. The molecular formula is C12H18O3. The van der Waals surface area contributed by atoms with Crippen LogP contribution in [0.4, 0.5) is 0 Å². The SMILES string of the molecule is CC(=O)C=CC1CCC2(CC1)OCCO2. The predicted octanol–water partition coefficient (Wildman–Crippen LogP) is 2.06. The molecule has 0 N–H and O–H groups in total. The molecule has 0 aromatic heterocycles. The summed E-state index contributed by atoms with van der Waals surface area (Å²) in [4.78, 5) is 10.8. The van der Waals surface area contributed by atoms with E-state index in [0.29, 0.717) is 5.92 Å². The van der Waals surface area contributed by atoms with Crippen molar-refractivity contribution < 1.29 is 14.3 Å². The van der Waals surface area contributed by atoms with Crippen molar-refractivity contribution in [3.63, 3.8) is 0 Å². The van der Waals surface area contributed by atoms with E-state index in [1.54, 1.807) is 13.0 Å². The van der Waals surface area contributed by atoms with E-state index in [9.17, 15) is 4.79 Å². The average molecular weight is 210 g/mol. The number of hydrogen-bond donors (Lipinski definition) is 0. The van der Waals surface area contributed by atoms with Crippen molar-refractivity contribution in [2.75, 3.05) is 13.2 Å². The lowest BCUT2D eigenvalue weighted by molar-refractivity contribution is -0.180. The van der Waals surface area contributed by atoms with Gasteiger partial charge < -0.3 is 9.47 Å². The van der Waals surface area contributed by atoms with E-state index in [0.717, 1.165) is 38.9 Å². The summed E-state index contributed by atoms with van der Waals surface area (Å²) in [6.45, 7) is 3.05. The van der Waals surface area contributed by atoms with Crippen LogP contribution in [0.15, 0.2) is 12.2 Å². The molecule has 0 unspecified atom stereocenters. The zero-order valence-electron chi connectivity index (χ0n) is 9.20. The van der Waals surface area contributed by atoms with E-state index in [4.69, 9.17) is 9.47 Å². The van der Waals surface area contributed by atoms with Crippen LogP contribution in [0, 0.1) is 5.92 Å². The van der Waals surface area contributed by atoms with Crippen LogP contribution in [0.5, 0.6) is 0 Å². The minimum Gasteiger partial charge on any atom is -0.348 e. The van der Waals surface area contributed by atoms with Crippen LogP contribution in [0.25, 0.3) is 0 Å². The van der Waals surface area contributed by atoms with Crippen LogP contribution in [-0.2, 0) is 14.3 Å². The third-order valence-corrected chi connectivity index (χ3v) is 3.21. The second-order valence-electron chi connectivity index (χ2n) is 4.41. The van der Waals surface area contributed by atoms with Crippen LogP contribution in [-0.4, -0.2) is 24.8 Å². The Morgan fingerprint density at radius 2 is 1.87 bits per heavy atom. The van der Waals surface area contributed by atoms with Gasteiger partial charge in [0.1, 0.15) is 0 Å². The predicted molar refractivity (Wildman–Crippen MR) is 56.4 cm³/mol. The first-order valence-corrected chi connectivity index (χ1v) is 5.67. The van der Waals surface area contributed by atoms with E-state index in [1.807, 2.05) is 6.08 Å². The Morgan fingerprint density at radius 1 is 1.27 bits per heavy atom. The lowest BCUT2D eigenvalue weighted by Gasteiger charge is -2.34. The van der Waals surface area contributed by atoms with E-state index in [1.165, 1.54) is 0 Å². The largest absolute Gasteiger partial charge is 0.348 e. The molecule has 1 saturated heterocycles. The Hall–Kier alpha value is -0.670. The summed E-state index contributed by atoms with van der Waals surface area (Å²) in [5, 5.41) is 0. The van der Waals surface area contributed by atoms with Crippen molar-refractivity contribution in [3.05, 3.63) is 12.2 Å². The van der Waals surface area contributed by atoms with Crippen molar-refractivity contribution in [1.29, 1.82) is 0 Å². The first-order chi connectivity index (χ1) is 7.20. The molecule has 15 heavy (non-hydrogen) atoms. The summed E-state index contributed by atoms with van der Waals surface area (Å²) in [5.41, 5.74) is 0. The standard InChI is InChI=1S/C12H18O3/c1-10(13)2-3-11-4-6-12(7-5-11)14-8-9-15-12/h2-3,11H,4-9H2,1H3. The van der Waals surface area contributed by atoms with Gasteiger partial charge in [0.05, 0.1) is 13.2 Å². The Morgan fingerprint density at radius 3 is 2.40 bits per heavy atom. The summed E-state index contributed by atoms with van der Waals surface area (Å²) >= 11 is 0. The highest BCUT2D eigenvalue weighted by Crippen LogP contribution is 2.38. The van der Waals surface area contributed by atoms with E-state index in [-0.39, 0.29) is 11.6 Å². The number of ether oxygens (including phenoxy) is 2. The molecule has 1 saturated carbocycles. The van der Waals surface area contributed by atoms with Gasteiger partial charge in [0.15, 0.2) is 11.6 Å². The van der Waals surface area contributed by atoms with Crippen LogP contribution >= 0.6 is 0 Å². The van der Waals surface area contributed by atoms with Crippen LogP contribution in [0.3, 0.4) is 0 Å². The molecule has 1 aliphatic carbocycles. The van der Waals surface area contributed by atoms with E-state index in [2.05, 4.69) is 0 Å². The van der Waals surface area contributed by atoms with Crippen molar-refractivity contribution in [2.24, 2.45) is 5.92 Å². The van der Waals surface area contributed by atoms with Crippen molar-refractivity contribution in [2.45, 2.75) is 38.4 Å². The molecule has 2 fully saturated rings. The molecule has 1 aliphatic heterocycles. The Labute approximate surface area is 90.4 Å². The van der Waals surface area contributed by atoms with Crippen LogP contribution in [0.1, 0.15) is 32.6 Å². The molecule has 0 bridgehead atoms. The second-order valence-corrected chi connectivity index (χ2v) is 4.41. The van der Waals surface area contributed by atoms with Crippen LogP contribution < -0.4 is 0 Å². The van der Waals surface area contributed by atoms with Gasteiger partial charge in [-0.15, -0.1) is 0 Å². The van der Waals surface area contributed by atoms with Gasteiger partial charge in [-0.1, -0.05) is 6.08 Å². The first kappa shape index (κ1) is 10.8. The summed E-state index contributed by atoms with van der Waals surface area (Å²) < 4.78 is 11.3. The maximum absolute atomic E-state index is 10.8. The lowest BCUT2D eigenvalue weighted by Crippen LogP contribution is -2.34. The van der Waals surface area contributed by atoms with E-state index >= 15 is 0 Å². The first-order valence-electron chi connectivity index (χ1n) is 5.67. The molecule has 0 amide bonds. The molecule has 1 heterocycles. The maximum Gasteiger partial charge on any atom is 0.168 e. The zero-order chi connectivity index (χ0) is 10.7. The molecule has 1 spiro atoms.